The Bertz CT molecular complexity index is 604. The average molecular weight is 269 g/mol. The van der Waals surface area contributed by atoms with Crippen molar-refractivity contribution in [1.82, 2.24) is 0 Å². The number of aromatic hydroxyl groups is 1. The summed E-state index contributed by atoms with van der Waals surface area (Å²) >= 11 is 0. The van der Waals surface area contributed by atoms with Crippen LogP contribution in [0.25, 0.3) is 0 Å². The van der Waals surface area contributed by atoms with Crippen molar-refractivity contribution in [3.8, 4) is 11.5 Å². The van der Waals surface area contributed by atoms with Crippen molar-refractivity contribution >= 4 is 5.71 Å². The van der Waals surface area contributed by atoms with Crippen molar-refractivity contribution in [3.05, 3.63) is 59.7 Å². The van der Waals surface area contributed by atoms with Crippen molar-refractivity contribution in [2.75, 3.05) is 7.11 Å². The van der Waals surface area contributed by atoms with Crippen LogP contribution in [0.15, 0.2) is 53.5 Å². The summed E-state index contributed by atoms with van der Waals surface area (Å²) in [5, 5.41) is 10.2. The topological polar surface area (TPSA) is 41.8 Å². The number of hydrogen-bond acceptors (Lipinski definition) is 3. The third-order valence-electron chi connectivity index (χ3n) is 2.89. The molecule has 3 heteroatoms. The molecule has 0 atom stereocenters. The fourth-order valence-electron chi connectivity index (χ4n) is 1.99. The molecule has 0 aliphatic heterocycles. The SMILES string of the molecule is COc1ccc(C(=NC(C)C)c2ccccc2)c(O)c1. The molecular weight excluding hydrogens is 250 g/mol. The molecule has 0 aliphatic rings. The molecule has 104 valence electrons. The Morgan fingerprint density at radius 2 is 1.80 bits per heavy atom. The molecule has 0 amide bonds. The van der Waals surface area contributed by atoms with E-state index in [-0.39, 0.29) is 11.8 Å². The molecule has 2 rings (SSSR count). The summed E-state index contributed by atoms with van der Waals surface area (Å²) in [6, 6.07) is 15.3. The van der Waals surface area contributed by atoms with Gasteiger partial charge in [-0.05, 0) is 26.0 Å². The van der Waals surface area contributed by atoms with Gasteiger partial charge in [-0.3, -0.25) is 4.99 Å². The number of aliphatic imine (C=N–C) groups is 1. The van der Waals surface area contributed by atoms with Gasteiger partial charge in [0.05, 0.1) is 12.8 Å². The molecule has 0 radical (unpaired) electrons. The lowest BCUT2D eigenvalue weighted by Gasteiger charge is -2.12. The number of rotatable bonds is 4. The van der Waals surface area contributed by atoms with Crippen LogP contribution in [0.5, 0.6) is 11.5 Å². The number of ether oxygens (including phenoxy) is 1. The maximum atomic E-state index is 10.2. The summed E-state index contributed by atoms with van der Waals surface area (Å²) in [7, 11) is 1.58. The minimum absolute atomic E-state index is 0.145. The molecule has 1 N–H and O–H groups in total. The first-order valence-electron chi connectivity index (χ1n) is 6.62. The Labute approximate surface area is 119 Å². The van der Waals surface area contributed by atoms with Gasteiger partial charge in [-0.25, -0.2) is 0 Å². The highest BCUT2D eigenvalue weighted by Crippen LogP contribution is 2.26. The second-order valence-corrected chi connectivity index (χ2v) is 4.82. The summed E-state index contributed by atoms with van der Waals surface area (Å²) in [6.07, 6.45) is 0. The molecule has 2 aromatic carbocycles. The van der Waals surface area contributed by atoms with E-state index in [1.807, 2.05) is 56.3 Å². The van der Waals surface area contributed by atoms with Gasteiger partial charge < -0.3 is 9.84 Å². The van der Waals surface area contributed by atoms with E-state index in [1.54, 1.807) is 13.2 Å². The van der Waals surface area contributed by atoms with Crippen molar-refractivity contribution in [1.29, 1.82) is 0 Å². The third-order valence-corrected chi connectivity index (χ3v) is 2.89. The first kappa shape index (κ1) is 14.1. The van der Waals surface area contributed by atoms with E-state index in [0.717, 1.165) is 11.3 Å². The van der Waals surface area contributed by atoms with Gasteiger partial charge in [-0.2, -0.15) is 0 Å². The van der Waals surface area contributed by atoms with Gasteiger partial charge in [-0.1, -0.05) is 30.3 Å². The van der Waals surface area contributed by atoms with Gasteiger partial charge in [0.15, 0.2) is 0 Å². The van der Waals surface area contributed by atoms with E-state index >= 15 is 0 Å². The second-order valence-electron chi connectivity index (χ2n) is 4.82. The maximum absolute atomic E-state index is 10.2. The van der Waals surface area contributed by atoms with E-state index in [2.05, 4.69) is 4.99 Å². The normalized spacial score (nSPS) is 11.7. The zero-order chi connectivity index (χ0) is 14.5. The molecule has 0 bridgehead atoms. The highest BCUT2D eigenvalue weighted by Gasteiger charge is 2.12. The average Bonchev–Trinajstić information content (AvgIpc) is 2.45. The molecule has 0 unspecified atom stereocenters. The smallest absolute Gasteiger partial charge is 0.128 e. The van der Waals surface area contributed by atoms with Crippen LogP contribution in [-0.2, 0) is 0 Å². The number of hydrogen-bond donors (Lipinski definition) is 1. The number of methoxy groups -OCH3 is 1. The summed E-state index contributed by atoms with van der Waals surface area (Å²) in [4.78, 5) is 4.65. The van der Waals surface area contributed by atoms with E-state index in [1.165, 1.54) is 0 Å². The first-order valence-corrected chi connectivity index (χ1v) is 6.62. The van der Waals surface area contributed by atoms with Crippen LogP contribution >= 0.6 is 0 Å². The quantitative estimate of drug-likeness (QED) is 0.861. The summed E-state index contributed by atoms with van der Waals surface area (Å²) in [5.74, 6) is 0.802. The molecule has 20 heavy (non-hydrogen) atoms. The van der Waals surface area contributed by atoms with Crippen LogP contribution in [0.2, 0.25) is 0 Å². The van der Waals surface area contributed by atoms with Gasteiger partial charge in [-0.15, -0.1) is 0 Å². The fourth-order valence-corrected chi connectivity index (χ4v) is 1.99. The third kappa shape index (κ3) is 3.18. The Kier molecular flexibility index (Phi) is 4.41. The van der Waals surface area contributed by atoms with Crippen LogP contribution in [0.1, 0.15) is 25.0 Å². The highest BCUT2D eigenvalue weighted by atomic mass is 16.5. The lowest BCUT2D eigenvalue weighted by Crippen LogP contribution is -2.07. The van der Waals surface area contributed by atoms with Gasteiger partial charge in [0.1, 0.15) is 11.5 Å². The molecule has 0 spiro atoms. The lowest BCUT2D eigenvalue weighted by molar-refractivity contribution is 0.407. The molecule has 0 saturated heterocycles. The molecule has 0 aliphatic carbocycles. The standard InChI is InChI=1S/C17H19NO2/c1-12(2)18-17(13-7-5-4-6-8-13)15-10-9-14(20-3)11-16(15)19/h4-12,19H,1-3H3. The number of benzene rings is 2. The largest absolute Gasteiger partial charge is 0.507 e. The second kappa shape index (κ2) is 6.24. The Morgan fingerprint density at radius 3 is 2.35 bits per heavy atom. The Balaban J connectivity index is 2.53. The minimum Gasteiger partial charge on any atom is -0.507 e. The van der Waals surface area contributed by atoms with Crippen LogP contribution < -0.4 is 4.74 Å². The van der Waals surface area contributed by atoms with Crippen LogP contribution in [0.4, 0.5) is 0 Å². The molecule has 0 saturated carbocycles. The van der Waals surface area contributed by atoms with Crippen molar-refractivity contribution in [3.63, 3.8) is 0 Å². The summed E-state index contributed by atoms with van der Waals surface area (Å²) in [6.45, 7) is 4.03. The van der Waals surface area contributed by atoms with E-state index < -0.39 is 0 Å². The fraction of sp³-hybridized carbons (Fsp3) is 0.235. The molecule has 0 aromatic heterocycles. The predicted molar refractivity (Wildman–Crippen MR) is 81.9 cm³/mol. The number of phenols is 1. The van der Waals surface area contributed by atoms with E-state index in [0.29, 0.717) is 11.3 Å². The number of phenolic OH excluding ortho intramolecular Hbond substituents is 1. The molecular formula is C17H19NO2. The monoisotopic (exact) mass is 269 g/mol. The maximum Gasteiger partial charge on any atom is 0.128 e. The lowest BCUT2D eigenvalue weighted by atomic mass is 10.0. The van der Waals surface area contributed by atoms with E-state index in [4.69, 9.17) is 4.74 Å². The van der Waals surface area contributed by atoms with Crippen LogP contribution in [0.3, 0.4) is 0 Å². The Morgan fingerprint density at radius 1 is 1.10 bits per heavy atom. The van der Waals surface area contributed by atoms with Crippen molar-refractivity contribution in [2.45, 2.75) is 19.9 Å². The predicted octanol–water partition coefficient (Wildman–Crippen LogP) is 3.65. The number of nitrogens with zero attached hydrogens (tertiary/aromatic N) is 1. The highest BCUT2D eigenvalue weighted by molar-refractivity contribution is 6.14. The van der Waals surface area contributed by atoms with Crippen LogP contribution in [-0.4, -0.2) is 24.0 Å². The minimum atomic E-state index is 0.145. The zero-order valence-electron chi connectivity index (χ0n) is 12.0. The molecule has 3 nitrogen and oxygen atoms in total. The zero-order valence-corrected chi connectivity index (χ0v) is 12.0. The van der Waals surface area contributed by atoms with Crippen molar-refractivity contribution in [2.24, 2.45) is 4.99 Å². The van der Waals surface area contributed by atoms with Gasteiger partial charge in [0, 0.05) is 23.2 Å². The molecule has 0 heterocycles. The summed E-state index contributed by atoms with van der Waals surface area (Å²) in [5.41, 5.74) is 2.49. The van der Waals surface area contributed by atoms with Gasteiger partial charge >= 0.3 is 0 Å². The van der Waals surface area contributed by atoms with Gasteiger partial charge in [0.2, 0.25) is 0 Å². The van der Waals surface area contributed by atoms with Crippen LogP contribution in [0, 0.1) is 0 Å². The molecule has 0 fully saturated rings. The first-order chi connectivity index (χ1) is 9.61. The van der Waals surface area contributed by atoms with Crippen molar-refractivity contribution < 1.29 is 9.84 Å². The van der Waals surface area contributed by atoms with Gasteiger partial charge in [0.25, 0.3) is 0 Å². The molecule has 2 aromatic rings. The van der Waals surface area contributed by atoms with E-state index in [9.17, 15) is 5.11 Å². The summed E-state index contributed by atoms with van der Waals surface area (Å²) < 4.78 is 5.12. The Hall–Kier alpha value is -2.29.